The fourth-order valence-electron chi connectivity index (χ4n) is 4.10. The molecule has 2 fully saturated rings. The summed E-state index contributed by atoms with van der Waals surface area (Å²) in [7, 11) is 2.02. The zero-order chi connectivity index (χ0) is 18.1. The van der Waals surface area contributed by atoms with Crippen molar-refractivity contribution in [3.05, 3.63) is 60.2 Å². The van der Waals surface area contributed by atoms with Crippen molar-refractivity contribution in [2.45, 2.75) is 18.5 Å². The van der Waals surface area contributed by atoms with Crippen molar-refractivity contribution in [1.29, 1.82) is 0 Å². The first-order chi connectivity index (χ1) is 12.6. The van der Waals surface area contributed by atoms with Gasteiger partial charge >= 0.3 is 0 Å². The Morgan fingerprint density at radius 1 is 1.19 bits per heavy atom. The number of benzene rings is 1. The van der Waals surface area contributed by atoms with Gasteiger partial charge in [0.15, 0.2) is 0 Å². The van der Waals surface area contributed by atoms with Crippen molar-refractivity contribution in [2.24, 2.45) is 0 Å². The summed E-state index contributed by atoms with van der Waals surface area (Å²) in [5.41, 5.74) is 1.80. The van der Waals surface area contributed by atoms with Crippen molar-refractivity contribution in [3.8, 4) is 0 Å². The summed E-state index contributed by atoms with van der Waals surface area (Å²) in [6.45, 7) is 3.72. The lowest BCUT2D eigenvalue weighted by Crippen LogP contribution is -2.64. The molecule has 1 aromatic heterocycles. The number of likely N-dealkylation sites (N-methyl/N-ethyl adjacent to an activating group) is 1. The molecule has 1 spiro atoms. The molecule has 5 nitrogen and oxygen atoms in total. The number of halogens is 1. The van der Waals surface area contributed by atoms with E-state index in [1.165, 1.54) is 17.7 Å². The number of rotatable bonds is 3. The molecule has 136 valence electrons. The molecule has 1 atom stereocenters. The van der Waals surface area contributed by atoms with E-state index in [1.807, 2.05) is 37.6 Å². The maximum absolute atomic E-state index is 13.6. The Bertz CT molecular complexity index is 799. The van der Waals surface area contributed by atoms with Crippen molar-refractivity contribution < 1.29 is 9.18 Å². The topological polar surface area (TPSA) is 39.7 Å². The Morgan fingerprint density at radius 3 is 2.77 bits per heavy atom. The molecule has 2 aliphatic heterocycles. The van der Waals surface area contributed by atoms with Crippen LogP contribution in [0, 0.1) is 5.82 Å². The number of nitrogens with zero attached hydrogens (tertiary/aromatic N) is 4. The van der Waals surface area contributed by atoms with Crippen LogP contribution < -0.4 is 4.90 Å². The highest BCUT2D eigenvalue weighted by Crippen LogP contribution is 2.34. The third-order valence-corrected chi connectivity index (χ3v) is 5.62. The van der Waals surface area contributed by atoms with Crippen LogP contribution in [0.15, 0.2) is 48.8 Å². The minimum absolute atomic E-state index is 0.0244. The zero-order valence-electron chi connectivity index (χ0n) is 14.9. The van der Waals surface area contributed by atoms with Crippen LogP contribution in [0.2, 0.25) is 0 Å². The fourth-order valence-corrected chi connectivity index (χ4v) is 4.10. The summed E-state index contributed by atoms with van der Waals surface area (Å²) in [5.74, 6) is -0.287. The van der Waals surface area contributed by atoms with Crippen LogP contribution in [0.3, 0.4) is 0 Å². The van der Waals surface area contributed by atoms with E-state index in [1.54, 1.807) is 11.0 Å². The number of aromatic nitrogens is 1. The van der Waals surface area contributed by atoms with Crippen LogP contribution >= 0.6 is 0 Å². The first-order valence-electron chi connectivity index (χ1n) is 8.94. The van der Waals surface area contributed by atoms with E-state index in [0.717, 1.165) is 26.1 Å². The molecule has 1 aromatic carbocycles. The summed E-state index contributed by atoms with van der Waals surface area (Å²) in [4.78, 5) is 23.0. The minimum atomic E-state index is -0.311. The number of hydrogen-bond donors (Lipinski definition) is 0. The molecular formula is C20H23FN4O. The zero-order valence-corrected chi connectivity index (χ0v) is 14.9. The van der Waals surface area contributed by atoms with E-state index in [-0.39, 0.29) is 17.3 Å². The summed E-state index contributed by atoms with van der Waals surface area (Å²) in [5, 5.41) is 0. The van der Waals surface area contributed by atoms with Gasteiger partial charge in [-0.2, -0.15) is 0 Å². The van der Waals surface area contributed by atoms with Gasteiger partial charge in [-0.3, -0.25) is 19.6 Å². The van der Waals surface area contributed by atoms with Crippen molar-refractivity contribution in [2.75, 3.05) is 38.1 Å². The molecular weight excluding hydrogens is 331 g/mol. The second-order valence-corrected chi connectivity index (χ2v) is 7.36. The van der Waals surface area contributed by atoms with Crippen LogP contribution in [0.5, 0.6) is 0 Å². The highest BCUT2D eigenvalue weighted by Gasteiger charge is 2.47. The third kappa shape index (κ3) is 3.22. The summed E-state index contributed by atoms with van der Waals surface area (Å²) < 4.78 is 13.6. The van der Waals surface area contributed by atoms with Gasteiger partial charge in [0.25, 0.3) is 0 Å². The van der Waals surface area contributed by atoms with Gasteiger partial charge in [0.2, 0.25) is 5.91 Å². The quantitative estimate of drug-likeness (QED) is 0.847. The number of piperazine rings is 1. The van der Waals surface area contributed by atoms with E-state index in [2.05, 4.69) is 14.8 Å². The predicted molar refractivity (Wildman–Crippen MR) is 98.2 cm³/mol. The van der Waals surface area contributed by atoms with Gasteiger partial charge in [-0.25, -0.2) is 4.39 Å². The standard InChI is InChI=1S/C20H23FN4O/c1-23-13-19(26)25(18-4-2-3-17(21)11-18)15-20(23)7-10-24(14-20)12-16-5-8-22-9-6-16/h2-6,8-9,11H,7,10,12-15H2,1H3/t20-/m0/s1. The molecule has 4 rings (SSSR count). The smallest absolute Gasteiger partial charge is 0.241 e. The largest absolute Gasteiger partial charge is 0.309 e. The molecule has 2 aromatic rings. The lowest BCUT2D eigenvalue weighted by atomic mass is 9.92. The Morgan fingerprint density at radius 2 is 2.00 bits per heavy atom. The third-order valence-electron chi connectivity index (χ3n) is 5.62. The van der Waals surface area contributed by atoms with E-state index < -0.39 is 0 Å². The molecule has 0 saturated carbocycles. The fraction of sp³-hybridized carbons (Fsp3) is 0.400. The minimum Gasteiger partial charge on any atom is -0.309 e. The maximum atomic E-state index is 13.6. The van der Waals surface area contributed by atoms with Gasteiger partial charge in [-0.15, -0.1) is 0 Å². The maximum Gasteiger partial charge on any atom is 0.241 e. The second kappa shape index (κ2) is 6.78. The van der Waals surface area contributed by atoms with E-state index in [9.17, 15) is 9.18 Å². The van der Waals surface area contributed by atoms with Gasteiger partial charge in [0, 0.05) is 44.3 Å². The van der Waals surface area contributed by atoms with Crippen LogP contribution in [0.25, 0.3) is 0 Å². The normalized spacial score (nSPS) is 24.5. The highest BCUT2D eigenvalue weighted by molar-refractivity contribution is 5.96. The van der Waals surface area contributed by atoms with Gasteiger partial charge in [-0.1, -0.05) is 6.07 Å². The SMILES string of the molecule is CN1CC(=O)N(c2cccc(F)c2)C[C@@]12CCN(Cc1ccncc1)C2. The van der Waals surface area contributed by atoms with E-state index in [4.69, 9.17) is 0 Å². The Labute approximate surface area is 153 Å². The lowest BCUT2D eigenvalue weighted by molar-refractivity contribution is -0.123. The summed E-state index contributed by atoms with van der Waals surface area (Å²) in [6, 6.07) is 10.4. The molecule has 2 saturated heterocycles. The molecule has 2 aliphatic rings. The van der Waals surface area contributed by atoms with Crippen molar-refractivity contribution >= 4 is 11.6 Å². The molecule has 0 aliphatic carbocycles. The number of amides is 1. The first kappa shape index (κ1) is 17.1. The van der Waals surface area contributed by atoms with Crippen LogP contribution in [-0.4, -0.2) is 59.5 Å². The number of anilines is 1. The number of pyridine rings is 1. The molecule has 3 heterocycles. The number of hydrogen-bond acceptors (Lipinski definition) is 4. The molecule has 26 heavy (non-hydrogen) atoms. The van der Waals surface area contributed by atoms with Crippen molar-refractivity contribution in [1.82, 2.24) is 14.8 Å². The monoisotopic (exact) mass is 354 g/mol. The number of carbonyl (C=O) groups excluding carboxylic acids is 1. The Kier molecular flexibility index (Phi) is 4.46. The van der Waals surface area contributed by atoms with Gasteiger partial charge < -0.3 is 4.90 Å². The molecule has 6 heteroatoms. The second-order valence-electron chi connectivity index (χ2n) is 7.36. The highest BCUT2D eigenvalue weighted by atomic mass is 19.1. The molecule has 1 amide bonds. The Balaban J connectivity index is 1.53. The van der Waals surface area contributed by atoms with Crippen molar-refractivity contribution in [3.63, 3.8) is 0 Å². The number of likely N-dealkylation sites (tertiary alicyclic amines) is 1. The summed E-state index contributed by atoms with van der Waals surface area (Å²) >= 11 is 0. The predicted octanol–water partition coefficient (Wildman–Crippen LogP) is 2.14. The molecule has 0 unspecified atom stereocenters. The summed E-state index contributed by atoms with van der Waals surface area (Å²) in [6.07, 6.45) is 4.63. The van der Waals surface area contributed by atoms with Crippen LogP contribution in [0.1, 0.15) is 12.0 Å². The van der Waals surface area contributed by atoms with E-state index >= 15 is 0 Å². The van der Waals surface area contributed by atoms with Gasteiger partial charge in [0.05, 0.1) is 12.1 Å². The van der Waals surface area contributed by atoms with E-state index in [0.29, 0.717) is 18.8 Å². The molecule has 0 N–H and O–H groups in total. The average Bonchev–Trinajstić information content (AvgIpc) is 3.03. The van der Waals surface area contributed by atoms with Crippen LogP contribution in [-0.2, 0) is 11.3 Å². The lowest BCUT2D eigenvalue weighted by Gasteiger charge is -2.47. The number of carbonyl (C=O) groups is 1. The molecule has 0 bridgehead atoms. The first-order valence-corrected chi connectivity index (χ1v) is 8.94. The average molecular weight is 354 g/mol. The van der Waals surface area contributed by atoms with Crippen LogP contribution in [0.4, 0.5) is 10.1 Å². The van der Waals surface area contributed by atoms with Gasteiger partial charge in [0.1, 0.15) is 5.82 Å². The van der Waals surface area contributed by atoms with Gasteiger partial charge in [-0.05, 0) is 49.4 Å². The molecule has 0 radical (unpaired) electrons. The Hall–Kier alpha value is -2.31.